The molecule has 1 nitrogen and oxygen atoms in total. The Bertz CT molecular complexity index is 1240. The van der Waals surface area contributed by atoms with E-state index in [1.165, 1.54) is 38.5 Å². The van der Waals surface area contributed by atoms with Gasteiger partial charge in [-0.25, -0.2) is 0 Å². The van der Waals surface area contributed by atoms with E-state index in [1.54, 1.807) is 0 Å². The molecule has 0 aliphatic rings. The molecule has 1 aromatic heterocycles. The molecule has 5 rings (SSSR count). The van der Waals surface area contributed by atoms with Gasteiger partial charge in [0.05, 0.1) is 5.52 Å². The summed E-state index contributed by atoms with van der Waals surface area (Å²) in [6.45, 7) is 4.81. The lowest BCUT2D eigenvalue weighted by molar-refractivity contribution is 0.882. The third-order valence-corrected chi connectivity index (χ3v) is 5.71. The van der Waals surface area contributed by atoms with Crippen LogP contribution in [0.25, 0.3) is 21.8 Å². The molecule has 0 spiro atoms. The maximum atomic E-state index is 4.02. The highest BCUT2D eigenvalue weighted by atomic mass is 15.0. The number of aromatic nitrogens is 1. The number of benzene rings is 4. The SMILES string of the molecule is C=CCn1c2ccccc2c2cccc(C(c3ccccc3)c3ccccc3)c21. The summed E-state index contributed by atoms with van der Waals surface area (Å²) in [5.41, 5.74) is 6.50. The minimum absolute atomic E-state index is 0.175. The van der Waals surface area contributed by atoms with Gasteiger partial charge in [-0.2, -0.15) is 0 Å². The molecule has 0 radical (unpaired) electrons. The summed E-state index contributed by atoms with van der Waals surface area (Å²) in [4.78, 5) is 0. The van der Waals surface area contributed by atoms with Crippen molar-refractivity contribution in [2.75, 3.05) is 0 Å². The van der Waals surface area contributed by atoms with E-state index in [9.17, 15) is 0 Å². The normalized spacial score (nSPS) is 11.3. The van der Waals surface area contributed by atoms with Crippen LogP contribution in [0.2, 0.25) is 0 Å². The van der Waals surface area contributed by atoms with Gasteiger partial charge in [0.2, 0.25) is 0 Å². The average molecular weight is 373 g/mol. The predicted octanol–water partition coefficient (Wildman–Crippen LogP) is 7.16. The quantitative estimate of drug-likeness (QED) is 0.227. The Morgan fingerprint density at radius 1 is 0.655 bits per heavy atom. The molecule has 140 valence electrons. The van der Waals surface area contributed by atoms with E-state index < -0.39 is 0 Å². The number of allylic oxidation sites excluding steroid dienone is 1. The summed E-state index contributed by atoms with van der Waals surface area (Å²) in [7, 11) is 0. The van der Waals surface area contributed by atoms with E-state index in [1.807, 2.05) is 6.08 Å². The van der Waals surface area contributed by atoms with Crippen molar-refractivity contribution < 1.29 is 0 Å². The van der Waals surface area contributed by atoms with Crippen LogP contribution in [0.1, 0.15) is 22.6 Å². The molecule has 0 bridgehead atoms. The molecule has 0 atom stereocenters. The maximum absolute atomic E-state index is 4.02. The lowest BCUT2D eigenvalue weighted by atomic mass is 9.84. The molecule has 0 aliphatic heterocycles. The Hall–Kier alpha value is -3.58. The van der Waals surface area contributed by atoms with Gasteiger partial charge >= 0.3 is 0 Å². The summed E-state index contributed by atoms with van der Waals surface area (Å²) >= 11 is 0. The number of hydrogen-bond acceptors (Lipinski definition) is 0. The highest BCUT2D eigenvalue weighted by Gasteiger charge is 2.22. The van der Waals surface area contributed by atoms with Crippen molar-refractivity contribution in [1.29, 1.82) is 0 Å². The van der Waals surface area contributed by atoms with E-state index >= 15 is 0 Å². The molecular weight excluding hydrogens is 350 g/mol. The van der Waals surface area contributed by atoms with Crippen molar-refractivity contribution in [2.45, 2.75) is 12.5 Å². The molecule has 0 aliphatic carbocycles. The third-order valence-electron chi connectivity index (χ3n) is 5.71. The molecule has 0 fully saturated rings. The largest absolute Gasteiger partial charge is 0.336 e. The Kier molecular flexibility index (Phi) is 4.50. The molecular formula is C28H23N. The first kappa shape index (κ1) is 17.5. The Morgan fingerprint density at radius 2 is 1.24 bits per heavy atom. The average Bonchev–Trinajstić information content (AvgIpc) is 3.11. The standard InChI is InChI=1S/C28H23N/c1-2-20-29-26-19-10-9-16-23(26)24-17-11-18-25(28(24)29)27(21-12-5-3-6-13-21)22-14-7-4-8-15-22/h2-19,27H,1,20H2. The molecule has 0 unspecified atom stereocenters. The molecule has 1 heteroatoms. The first-order valence-corrected chi connectivity index (χ1v) is 10.1. The van der Waals surface area contributed by atoms with Crippen molar-refractivity contribution in [3.63, 3.8) is 0 Å². The first-order valence-electron chi connectivity index (χ1n) is 10.1. The third kappa shape index (κ3) is 2.96. The highest BCUT2D eigenvalue weighted by molar-refractivity contribution is 6.09. The molecule has 4 aromatic carbocycles. The molecule has 0 N–H and O–H groups in total. The Labute approximate surface area is 171 Å². The molecule has 1 heterocycles. The van der Waals surface area contributed by atoms with Crippen LogP contribution in [0.3, 0.4) is 0 Å². The molecule has 0 saturated heterocycles. The van der Waals surface area contributed by atoms with Crippen molar-refractivity contribution in [3.8, 4) is 0 Å². The second-order valence-corrected chi connectivity index (χ2v) is 7.41. The maximum Gasteiger partial charge on any atom is 0.0536 e. The van der Waals surface area contributed by atoms with E-state index in [0.29, 0.717) is 0 Å². The number of fused-ring (bicyclic) bond motifs is 3. The zero-order chi connectivity index (χ0) is 19.6. The molecule has 5 aromatic rings. The van der Waals surface area contributed by atoms with Gasteiger partial charge < -0.3 is 4.57 Å². The lowest BCUT2D eigenvalue weighted by Crippen LogP contribution is -2.06. The van der Waals surface area contributed by atoms with Gasteiger partial charge in [-0.1, -0.05) is 103 Å². The second-order valence-electron chi connectivity index (χ2n) is 7.41. The van der Waals surface area contributed by atoms with Crippen LogP contribution >= 0.6 is 0 Å². The van der Waals surface area contributed by atoms with Crippen molar-refractivity contribution in [1.82, 2.24) is 4.57 Å². The van der Waals surface area contributed by atoms with Gasteiger partial charge in [-0.3, -0.25) is 0 Å². The van der Waals surface area contributed by atoms with Gasteiger partial charge in [-0.05, 0) is 22.8 Å². The summed E-state index contributed by atoms with van der Waals surface area (Å²) in [5.74, 6) is 0.175. The zero-order valence-corrected chi connectivity index (χ0v) is 16.3. The first-order chi connectivity index (χ1) is 14.4. The van der Waals surface area contributed by atoms with Crippen LogP contribution < -0.4 is 0 Å². The van der Waals surface area contributed by atoms with Gasteiger partial charge in [0, 0.05) is 28.8 Å². The summed E-state index contributed by atoms with van der Waals surface area (Å²) in [5, 5.41) is 2.60. The highest BCUT2D eigenvalue weighted by Crippen LogP contribution is 2.39. The fourth-order valence-electron chi connectivity index (χ4n) is 4.53. The van der Waals surface area contributed by atoms with Crippen molar-refractivity contribution in [3.05, 3.63) is 132 Å². The van der Waals surface area contributed by atoms with Crippen LogP contribution in [0.15, 0.2) is 116 Å². The van der Waals surface area contributed by atoms with Crippen LogP contribution in [-0.2, 0) is 6.54 Å². The summed E-state index contributed by atoms with van der Waals surface area (Å²) in [6, 6.07) is 37.0. The van der Waals surface area contributed by atoms with Crippen LogP contribution in [-0.4, -0.2) is 4.57 Å². The van der Waals surface area contributed by atoms with E-state index in [4.69, 9.17) is 0 Å². The number of para-hydroxylation sites is 2. The van der Waals surface area contributed by atoms with Gasteiger partial charge in [0.25, 0.3) is 0 Å². The van der Waals surface area contributed by atoms with E-state index in [0.717, 1.165) is 6.54 Å². The van der Waals surface area contributed by atoms with Gasteiger partial charge in [-0.15, -0.1) is 6.58 Å². The fraction of sp³-hybridized carbons (Fsp3) is 0.0714. The lowest BCUT2D eigenvalue weighted by Gasteiger charge is -2.21. The molecule has 0 amide bonds. The molecule has 29 heavy (non-hydrogen) atoms. The summed E-state index contributed by atoms with van der Waals surface area (Å²) < 4.78 is 2.41. The van der Waals surface area contributed by atoms with Crippen LogP contribution in [0.5, 0.6) is 0 Å². The predicted molar refractivity (Wildman–Crippen MR) is 123 cm³/mol. The molecule has 0 saturated carbocycles. The van der Waals surface area contributed by atoms with Crippen molar-refractivity contribution >= 4 is 21.8 Å². The number of nitrogens with zero attached hydrogens (tertiary/aromatic N) is 1. The number of rotatable bonds is 5. The van der Waals surface area contributed by atoms with Crippen LogP contribution in [0.4, 0.5) is 0 Å². The van der Waals surface area contributed by atoms with E-state index in [-0.39, 0.29) is 5.92 Å². The van der Waals surface area contributed by atoms with Gasteiger partial charge in [0.1, 0.15) is 0 Å². The Morgan fingerprint density at radius 3 is 1.90 bits per heavy atom. The number of hydrogen-bond donors (Lipinski definition) is 0. The second kappa shape index (κ2) is 7.44. The Balaban J connectivity index is 1.88. The smallest absolute Gasteiger partial charge is 0.0536 e. The van der Waals surface area contributed by atoms with Crippen molar-refractivity contribution in [2.24, 2.45) is 0 Å². The monoisotopic (exact) mass is 373 g/mol. The van der Waals surface area contributed by atoms with E-state index in [2.05, 4.69) is 114 Å². The van der Waals surface area contributed by atoms with Crippen LogP contribution in [0, 0.1) is 0 Å². The summed E-state index contributed by atoms with van der Waals surface area (Å²) in [6.07, 6.45) is 1.99. The zero-order valence-electron chi connectivity index (χ0n) is 16.3. The minimum atomic E-state index is 0.175. The topological polar surface area (TPSA) is 4.93 Å². The van der Waals surface area contributed by atoms with Gasteiger partial charge in [0.15, 0.2) is 0 Å². The fourth-order valence-corrected chi connectivity index (χ4v) is 4.53. The minimum Gasteiger partial charge on any atom is -0.336 e.